The van der Waals surface area contributed by atoms with Crippen LogP contribution in [-0.4, -0.2) is 17.6 Å². The van der Waals surface area contributed by atoms with Gasteiger partial charge in [-0.2, -0.15) is 0 Å². The molecule has 3 nitrogen and oxygen atoms in total. The van der Waals surface area contributed by atoms with Crippen molar-refractivity contribution in [2.75, 3.05) is 11.9 Å². The summed E-state index contributed by atoms with van der Waals surface area (Å²) in [5.74, 6) is -0.0202. The normalized spacial score (nSPS) is 10.4. The standard InChI is InChI=1S/C18H21NO2/c1-13-3-4-16(11-14(13)2)12-18(21)19-17-7-5-15(6-8-17)9-10-20/h3-8,11,20H,9-10,12H2,1-2H3,(H,19,21). The maximum atomic E-state index is 12.0. The van der Waals surface area contributed by atoms with Crippen molar-refractivity contribution in [3.05, 3.63) is 64.7 Å². The van der Waals surface area contributed by atoms with Crippen LogP contribution in [0, 0.1) is 13.8 Å². The fraction of sp³-hybridized carbons (Fsp3) is 0.278. The van der Waals surface area contributed by atoms with Gasteiger partial charge in [0, 0.05) is 12.3 Å². The van der Waals surface area contributed by atoms with Crippen molar-refractivity contribution in [2.45, 2.75) is 26.7 Å². The molecule has 0 bridgehead atoms. The highest BCUT2D eigenvalue weighted by molar-refractivity contribution is 5.92. The molecule has 0 spiro atoms. The summed E-state index contributed by atoms with van der Waals surface area (Å²) < 4.78 is 0. The zero-order valence-electron chi connectivity index (χ0n) is 12.5. The van der Waals surface area contributed by atoms with Gasteiger partial charge in [-0.05, 0) is 54.7 Å². The lowest BCUT2D eigenvalue weighted by atomic mass is 10.0. The summed E-state index contributed by atoms with van der Waals surface area (Å²) in [5.41, 5.74) is 5.30. The molecule has 2 aromatic carbocycles. The summed E-state index contributed by atoms with van der Waals surface area (Å²) >= 11 is 0. The molecular weight excluding hydrogens is 262 g/mol. The molecule has 0 atom stereocenters. The summed E-state index contributed by atoms with van der Waals surface area (Å²) in [6, 6.07) is 13.7. The third-order valence-electron chi connectivity index (χ3n) is 3.57. The summed E-state index contributed by atoms with van der Waals surface area (Å²) in [6.07, 6.45) is 1.01. The molecule has 2 aromatic rings. The van der Waals surface area contributed by atoms with Gasteiger partial charge in [0.25, 0.3) is 0 Å². The Labute approximate surface area is 125 Å². The van der Waals surface area contributed by atoms with Crippen molar-refractivity contribution < 1.29 is 9.90 Å². The predicted molar refractivity (Wildman–Crippen MR) is 85.5 cm³/mol. The third-order valence-corrected chi connectivity index (χ3v) is 3.57. The zero-order valence-corrected chi connectivity index (χ0v) is 12.5. The predicted octanol–water partition coefficient (Wildman–Crippen LogP) is 3.02. The minimum Gasteiger partial charge on any atom is -0.396 e. The molecule has 1 amide bonds. The average Bonchev–Trinajstić information content (AvgIpc) is 2.45. The summed E-state index contributed by atoms with van der Waals surface area (Å²) in [6.45, 7) is 4.25. The van der Waals surface area contributed by atoms with Gasteiger partial charge in [0.15, 0.2) is 0 Å². The molecule has 0 fully saturated rings. The van der Waals surface area contributed by atoms with Crippen LogP contribution in [-0.2, 0) is 17.6 Å². The Morgan fingerprint density at radius 3 is 2.29 bits per heavy atom. The number of amides is 1. The number of hydrogen-bond acceptors (Lipinski definition) is 2. The van der Waals surface area contributed by atoms with E-state index in [1.54, 1.807) is 0 Å². The van der Waals surface area contributed by atoms with E-state index in [1.165, 1.54) is 11.1 Å². The van der Waals surface area contributed by atoms with Crippen molar-refractivity contribution in [2.24, 2.45) is 0 Å². The molecule has 2 rings (SSSR count). The first-order chi connectivity index (χ1) is 10.1. The molecule has 2 N–H and O–H groups in total. The maximum Gasteiger partial charge on any atom is 0.228 e. The summed E-state index contributed by atoms with van der Waals surface area (Å²) in [7, 11) is 0. The number of aliphatic hydroxyl groups is 1. The molecule has 0 radical (unpaired) electrons. The maximum absolute atomic E-state index is 12.0. The van der Waals surface area contributed by atoms with E-state index < -0.39 is 0 Å². The van der Waals surface area contributed by atoms with Crippen molar-refractivity contribution >= 4 is 11.6 Å². The highest BCUT2D eigenvalue weighted by Crippen LogP contribution is 2.13. The number of aliphatic hydroxyl groups excluding tert-OH is 1. The number of carbonyl (C=O) groups is 1. The third kappa shape index (κ3) is 4.43. The Kier molecular flexibility index (Phi) is 5.12. The lowest BCUT2D eigenvalue weighted by Crippen LogP contribution is -2.14. The fourth-order valence-electron chi connectivity index (χ4n) is 2.19. The molecule has 0 heterocycles. The van der Waals surface area contributed by atoms with Crippen LogP contribution in [0.5, 0.6) is 0 Å². The fourth-order valence-corrected chi connectivity index (χ4v) is 2.19. The quantitative estimate of drug-likeness (QED) is 0.886. The van der Waals surface area contributed by atoms with Crippen molar-refractivity contribution in [3.63, 3.8) is 0 Å². The second-order valence-electron chi connectivity index (χ2n) is 5.31. The molecule has 3 heteroatoms. The SMILES string of the molecule is Cc1ccc(CC(=O)Nc2ccc(CCO)cc2)cc1C. The van der Waals surface area contributed by atoms with Gasteiger partial charge in [0.2, 0.25) is 5.91 Å². The van der Waals surface area contributed by atoms with Gasteiger partial charge in [-0.25, -0.2) is 0 Å². The van der Waals surface area contributed by atoms with Crippen LogP contribution in [0.25, 0.3) is 0 Å². The van der Waals surface area contributed by atoms with Gasteiger partial charge >= 0.3 is 0 Å². The molecule has 0 unspecified atom stereocenters. The van der Waals surface area contributed by atoms with Gasteiger partial charge in [-0.1, -0.05) is 30.3 Å². The molecule has 21 heavy (non-hydrogen) atoms. The van der Waals surface area contributed by atoms with Gasteiger partial charge in [-0.3, -0.25) is 4.79 Å². The monoisotopic (exact) mass is 283 g/mol. The average molecular weight is 283 g/mol. The molecule has 0 saturated heterocycles. The van der Waals surface area contributed by atoms with Gasteiger partial charge < -0.3 is 10.4 Å². The van der Waals surface area contributed by atoms with Crippen LogP contribution >= 0.6 is 0 Å². The van der Waals surface area contributed by atoms with Crippen LogP contribution in [0.1, 0.15) is 22.3 Å². The van der Waals surface area contributed by atoms with Crippen molar-refractivity contribution in [3.8, 4) is 0 Å². The summed E-state index contributed by atoms with van der Waals surface area (Å²) in [4.78, 5) is 12.0. The molecule has 110 valence electrons. The number of rotatable bonds is 5. The number of anilines is 1. The Morgan fingerprint density at radius 2 is 1.67 bits per heavy atom. The highest BCUT2D eigenvalue weighted by Gasteiger charge is 2.05. The number of carbonyl (C=O) groups excluding carboxylic acids is 1. The zero-order chi connectivity index (χ0) is 15.2. The number of hydrogen-bond donors (Lipinski definition) is 2. The second kappa shape index (κ2) is 7.04. The first-order valence-electron chi connectivity index (χ1n) is 7.14. The Balaban J connectivity index is 1.96. The largest absolute Gasteiger partial charge is 0.396 e. The molecule has 0 aromatic heterocycles. The Bertz CT molecular complexity index is 618. The van der Waals surface area contributed by atoms with E-state index in [9.17, 15) is 4.79 Å². The van der Waals surface area contributed by atoms with Crippen LogP contribution in [0.15, 0.2) is 42.5 Å². The van der Waals surface area contributed by atoms with Crippen LogP contribution in [0.2, 0.25) is 0 Å². The minimum atomic E-state index is -0.0202. The van der Waals surface area contributed by atoms with Gasteiger partial charge in [0.1, 0.15) is 0 Å². The number of nitrogens with one attached hydrogen (secondary N) is 1. The van der Waals surface area contributed by atoms with E-state index in [4.69, 9.17) is 5.11 Å². The van der Waals surface area contributed by atoms with E-state index >= 15 is 0 Å². The van der Waals surface area contributed by atoms with Crippen molar-refractivity contribution in [1.29, 1.82) is 0 Å². The van der Waals surface area contributed by atoms with E-state index in [0.29, 0.717) is 12.8 Å². The molecule has 0 aliphatic carbocycles. The molecule has 0 aliphatic rings. The number of benzene rings is 2. The first kappa shape index (κ1) is 15.3. The van der Waals surface area contributed by atoms with Crippen LogP contribution in [0.3, 0.4) is 0 Å². The lowest BCUT2D eigenvalue weighted by Gasteiger charge is -2.08. The Hall–Kier alpha value is -2.13. The lowest BCUT2D eigenvalue weighted by molar-refractivity contribution is -0.115. The topological polar surface area (TPSA) is 49.3 Å². The second-order valence-corrected chi connectivity index (χ2v) is 5.31. The molecule has 0 aliphatic heterocycles. The summed E-state index contributed by atoms with van der Waals surface area (Å²) in [5, 5.41) is 11.8. The van der Waals surface area contributed by atoms with E-state index in [1.807, 2.05) is 36.4 Å². The van der Waals surface area contributed by atoms with E-state index in [-0.39, 0.29) is 12.5 Å². The van der Waals surface area contributed by atoms with Gasteiger partial charge in [0.05, 0.1) is 6.42 Å². The smallest absolute Gasteiger partial charge is 0.228 e. The Morgan fingerprint density at radius 1 is 1.00 bits per heavy atom. The molecular formula is C18H21NO2. The minimum absolute atomic E-state index is 0.0202. The highest BCUT2D eigenvalue weighted by atomic mass is 16.2. The molecule has 0 saturated carbocycles. The first-order valence-corrected chi connectivity index (χ1v) is 7.14. The van der Waals surface area contributed by atoms with Crippen LogP contribution < -0.4 is 5.32 Å². The van der Waals surface area contributed by atoms with E-state index in [0.717, 1.165) is 16.8 Å². The van der Waals surface area contributed by atoms with Gasteiger partial charge in [-0.15, -0.1) is 0 Å². The van der Waals surface area contributed by atoms with Crippen molar-refractivity contribution in [1.82, 2.24) is 0 Å². The number of aryl methyl sites for hydroxylation is 2. The van der Waals surface area contributed by atoms with Crippen LogP contribution in [0.4, 0.5) is 5.69 Å². The van der Waals surface area contributed by atoms with E-state index in [2.05, 4.69) is 25.2 Å².